The van der Waals surface area contributed by atoms with Crippen LogP contribution in [0.3, 0.4) is 0 Å². The first-order valence-electron chi connectivity index (χ1n) is 11.4. The smallest absolute Gasteiger partial charge is 0.406 e. The molecule has 0 fully saturated rings. The van der Waals surface area contributed by atoms with Crippen molar-refractivity contribution in [2.24, 2.45) is 7.05 Å². The van der Waals surface area contributed by atoms with Crippen molar-refractivity contribution in [3.63, 3.8) is 0 Å². The Labute approximate surface area is 208 Å². The van der Waals surface area contributed by atoms with E-state index in [9.17, 15) is 33.0 Å². The van der Waals surface area contributed by atoms with Gasteiger partial charge in [0.1, 0.15) is 17.5 Å². The Hall–Kier alpha value is -3.96. The number of pyridine rings is 1. The van der Waals surface area contributed by atoms with E-state index in [0.29, 0.717) is 5.56 Å². The van der Waals surface area contributed by atoms with E-state index in [0.717, 1.165) is 26.8 Å². The highest BCUT2D eigenvalue weighted by atomic mass is 19.4. The predicted octanol–water partition coefficient (Wildman–Crippen LogP) is 3.43. The van der Waals surface area contributed by atoms with Crippen LogP contribution >= 0.6 is 0 Å². The molecule has 0 bridgehead atoms. The van der Waals surface area contributed by atoms with Crippen molar-refractivity contribution in [2.45, 2.75) is 32.4 Å². The molecule has 0 saturated heterocycles. The summed E-state index contributed by atoms with van der Waals surface area (Å²) in [5, 5.41) is 20.7. The maximum absolute atomic E-state index is 13.6. The van der Waals surface area contributed by atoms with Gasteiger partial charge < -0.3 is 14.9 Å². The number of aliphatic hydroxyl groups excluding tert-OH is 2. The first-order valence-corrected chi connectivity index (χ1v) is 11.4. The number of hydrogen-bond donors (Lipinski definition) is 2. The fourth-order valence-corrected chi connectivity index (χ4v) is 4.19. The highest BCUT2D eigenvalue weighted by molar-refractivity contribution is 5.87. The number of alkyl halides is 3. The number of hydrogen-bond acceptors (Lipinski definition) is 6. The second-order valence-corrected chi connectivity index (χ2v) is 8.55. The summed E-state index contributed by atoms with van der Waals surface area (Å²) in [5.41, 5.74) is 0.468. The predicted molar refractivity (Wildman–Crippen MR) is 130 cm³/mol. The van der Waals surface area contributed by atoms with Gasteiger partial charge in [0.05, 0.1) is 5.39 Å². The maximum Gasteiger partial charge on any atom is 0.573 e. The third kappa shape index (κ3) is 5.27. The topological polar surface area (TPSA) is 107 Å². The number of rotatable bonds is 7. The van der Waals surface area contributed by atoms with Gasteiger partial charge in [0, 0.05) is 37.5 Å². The number of aryl methyl sites for hydroxylation is 2. The molecule has 2 aromatic carbocycles. The highest BCUT2D eigenvalue weighted by Gasteiger charge is 2.31. The molecule has 11 heteroatoms. The zero-order valence-electron chi connectivity index (χ0n) is 20.0. The molecule has 0 aliphatic carbocycles. The van der Waals surface area contributed by atoms with Crippen molar-refractivity contribution in [3.05, 3.63) is 92.3 Å². The SMILES string of the molecule is Cc1ccc(C(O)c2c(-c3cccc(OC(F)(F)F)c3)cnc3c2c(=O)n(CCCO)c(=O)n3C)cc1. The zero-order valence-corrected chi connectivity index (χ0v) is 20.0. The molecular formula is C26H24F3N3O5. The van der Waals surface area contributed by atoms with E-state index in [1.165, 1.54) is 25.4 Å². The number of benzene rings is 2. The van der Waals surface area contributed by atoms with Crippen molar-refractivity contribution in [1.29, 1.82) is 0 Å². The van der Waals surface area contributed by atoms with Gasteiger partial charge in [0.15, 0.2) is 0 Å². The van der Waals surface area contributed by atoms with Crippen molar-refractivity contribution in [3.8, 4) is 16.9 Å². The summed E-state index contributed by atoms with van der Waals surface area (Å²) in [6.07, 6.45) is -4.85. The van der Waals surface area contributed by atoms with Crippen molar-refractivity contribution in [1.82, 2.24) is 14.1 Å². The lowest BCUT2D eigenvalue weighted by Gasteiger charge is -2.20. The second-order valence-electron chi connectivity index (χ2n) is 8.55. The van der Waals surface area contributed by atoms with Crippen LogP contribution in [-0.2, 0) is 13.6 Å². The summed E-state index contributed by atoms with van der Waals surface area (Å²) >= 11 is 0. The van der Waals surface area contributed by atoms with Gasteiger partial charge >= 0.3 is 12.1 Å². The lowest BCUT2D eigenvalue weighted by atomic mass is 9.91. The quantitative estimate of drug-likeness (QED) is 0.391. The van der Waals surface area contributed by atoms with Crippen molar-refractivity contribution >= 4 is 11.0 Å². The maximum atomic E-state index is 13.6. The number of ether oxygens (including phenoxy) is 1. The Morgan fingerprint density at radius 1 is 1.11 bits per heavy atom. The van der Waals surface area contributed by atoms with E-state index in [1.807, 2.05) is 6.92 Å². The number of halogens is 3. The third-order valence-electron chi connectivity index (χ3n) is 5.98. The molecule has 0 spiro atoms. The van der Waals surface area contributed by atoms with Crippen molar-refractivity contribution in [2.75, 3.05) is 6.61 Å². The molecule has 2 aromatic heterocycles. The fraction of sp³-hybridized carbons (Fsp3) is 0.269. The van der Waals surface area contributed by atoms with Crippen LogP contribution in [0, 0.1) is 6.92 Å². The summed E-state index contributed by atoms with van der Waals surface area (Å²) in [5.74, 6) is -0.485. The van der Waals surface area contributed by atoms with Gasteiger partial charge in [0.25, 0.3) is 5.56 Å². The minimum Gasteiger partial charge on any atom is -0.406 e. The van der Waals surface area contributed by atoms with E-state index in [1.54, 1.807) is 24.3 Å². The fourth-order valence-electron chi connectivity index (χ4n) is 4.19. The number of fused-ring (bicyclic) bond motifs is 1. The molecule has 4 rings (SSSR count). The summed E-state index contributed by atoms with van der Waals surface area (Å²) in [7, 11) is 1.42. The van der Waals surface area contributed by atoms with Crippen LogP contribution in [0.2, 0.25) is 0 Å². The van der Waals surface area contributed by atoms with E-state index >= 15 is 0 Å². The Bertz CT molecular complexity index is 1560. The van der Waals surface area contributed by atoms with Crippen LogP contribution in [0.4, 0.5) is 13.2 Å². The second kappa shape index (κ2) is 10.2. The lowest BCUT2D eigenvalue weighted by molar-refractivity contribution is -0.274. The molecule has 0 aliphatic heterocycles. The van der Waals surface area contributed by atoms with Crippen LogP contribution in [0.15, 0.2) is 64.3 Å². The van der Waals surface area contributed by atoms with Gasteiger partial charge in [-0.3, -0.25) is 13.9 Å². The Morgan fingerprint density at radius 2 is 1.81 bits per heavy atom. The number of nitrogens with zero attached hydrogens (tertiary/aromatic N) is 3. The molecule has 8 nitrogen and oxygen atoms in total. The van der Waals surface area contributed by atoms with Gasteiger partial charge in [-0.2, -0.15) is 0 Å². The molecule has 0 amide bonds. The van der Waals surface area contributed by atoms with Crippen LogP contribution in [0.5, 0.6) is 5.75 Å². The van der Waals surface area contributed by atoms with E-state index < -0.39 is 29.5 Å². The third-order valence-corrected chi connectivity index (χ3v) is 5.98. The molecule has 2 N–H and O–H groups in total. The van der Waals surface area contributed by atoms with Gasteiger partial charge in [-0.05, 0) is 36.6 Å². The van der Waals surface area contributed by atoms with Crippen LogP contribution in [-0.4, -0.2) is 37.3 Å². The number of aromatic nitrogens is 3. The summed E-state index contributed by atoms with van der Waals surface area (Å²) < 4.78 is 44.7. The first-order chi connectivity index (χ1) is 17.5. The molecule has 4 aromatic rings. The molecule has 37 heavy (non-hydrogen) atoms. The average molecular weight is 515 g/mol. The molecule has 1 unspecified atom stereocenters. The molecule has 2 heterocycles. The van der Waals surface area contributed by atoms with E-state index in [-0.39, 0.29) is 47.3 Å². The standard InChI is InChI=1S/C26H24F3N3O5/c1-15-7-9-16(10-8-15)22(34)20-19(17-5-3-6-18(13-17)37-26(27,28)29)14-30-23-21(20)24(35)32(11-4-12-33)25(36)31(23)2/h3,5-10,13-14,22,33-34H,4,11-12H2,1-2H3. The minimum absolute atomic E-state index is 0.00264. The molecular weight excluding hydrogens is 491 g/mol. The van der Waals surface area contributed by atoms with Crippen LogP contribution in [0.25, 0.3) is 22.2 Å². The molecule has 194 valence electrons. The monoisotopic (exact) mass is 515 g/mol. The van der Waals surface area contributed by atoms with Gasteiger partial charge in [0.2, 0.25) is 0 Å². The highest BCUT2D eigenvalue weighted by Crippen LogP contribution is 2.37. The normalized spacial score (nSPS) is 12.6. The largest absolute Gasteiger partial charge is 0.573 e. The van der Waals surface area contributed by atoms with Crippen molar-refractivity contribution < 1.29 is 28.1 Å². The average Bonchev–Trinajstić information content (AvgIpc) is 2.85. The van der Waals surface area contributed by atoms with Gasteiger partial charge in [-0.15, -0.1) is 13.2 Å². The molecule has 0 saturated carbocycles. The minimum atomic E-state index is -4.91. The summed E-state index contributed by atoms with van der Waals surface area (Å²) in [4.78, 5) is 30.7. The Morgan fingerprint density at radius 3 is 2.46 bits per heavy atom. The number of aliphatic hydroxyl groups is 2. The summed E-state index contributed by atoms with van der Waals surface area (Å²) in [6, 6.07) is 12.0. The van der Waals surface area contributed by atoms with Gasteiger partial charge in [-0.25, -0.2) is 9.78 Å². The lowest BCUT2D eigenvalue weighted by Crippen LogP contribution is -2.40. The summed E-state index contributed by atoms with van der Waals surface area (Å²) in [6.45, 7) is 1.54. The van der Waals surface area contributed by atoms with Crippen LogP contribution < -0.4 is 16.0 Å². The Balaban J connectivity index is 2.06. The Kier molecular flexibility index (Phi) is 7.19. The molecule has 1 atom stereocenters. The molecule has 0 aliphatic rings. The molecule has 0 radical (unpaired) electrons. The van der Waals surface area contributed by atoms with E-state index in [2.05, 4.69) is 9.72 Å². The first kappa shape index (κ1) is 26.1. The van der Waals surface area contributed by atoms with Crippen LogP contribution in [0.1, 0.15) is 29.2 Å². The van der Waals surface area contributed by atoms with E-state index in [4.69, 9.17) is 0 Å². The zero-order chi connectivity index (χ0) is 26.9. The van der Waals surface area contributed by atoms with Gasteiger partial charge in [-0.1, -0.05) is 42.0 Å².